The number of benzene rings is 1. The molecule has 0 bridgehead atoms. The van der Waals surface area contributed by atoms with E-state index < -0.39 is 0 Å². The Morgan fingerprint density at radius 1 is 1.50 bits per heavy atom. The summed E-state index contributed by atoms with van der Waals surface area (Å²) in [6.07, 6.45) is 0.444. The van der Waals surface area contributed by atoms with Gasteiger partial charge in [-0.05, 0) is 36.1 Å². The van der Waals surface area contributed by atoms with E-state index in [0.717, 1.165) is 20.8 Å². The molecule has 16 heavy (non-hydrogen) atoms. The number of fused-ring (bicyclic) bond motifs is 1. The Kier molecular flexibility index (Phi) is 3.17. The molecule has 0 aliphatic rings. The van der Waals surface area contributed by atoms with Gasteiger partial charge in [-0.2, -0.15) is 0 Å². The fraction of sp³-hybridized carbons (Fsp3) is 0.250. The van der Waals surface area contributed by atoms with Crippen molar-refractivity contribution in [2.75, 3.05) is 7.05 Å². The van der Waals surface area contributed by atoms with Crippen molar-refractivity contribution >= 4 is 38.9 Å². The number of halogens is 1. The van der Waals surface area contributed by atoms with E-state index in [-0.39, 0.29) is 5.91 Å². The maximum absolute atomic E-state index is 11.3. The number of hydrogen-bond donors (Lipinski definition) is 1. The van der Waals surface area contributed by atoms with E-state index >= 15 is 0 Å². The van der Waals surface area contributed by atoms with Crippen molar-refractivity contribution in [3.8, 4) is 0 Å². The van der Waals surface area contributed by atoms with Gasteiger partial charge in [0.1, 0.15) is 0 Å². The summed E-state index contributed by atoms with van der Waals surface area (Å²) in [4.78, 5) is 12.5. The Hall–Kier alpha value is -1.06. The Bertz CT molecular complexity index is 547. The molecule has 0 aliphatic heterocycles. The number of likely N-dealkylation sites (N-methyl/N-ethyl adjacent to an activating group) is 1. The predicted octanol–water partition coefficient (Wildman–Crippen LogP) is 3.15. The third-order valence-corrected chi connectivity index (χ3v) is 4.10. The zero-order valence-corrected chi connectivity index (χ0v) is 10.7. The van der Waals surface area contributed by atoms with E-state index in [4.69, 9.17) is 11.6 Å². The first kappa shape index (κ1) is 11.4. The van der Waals surface area contributed by atoms with Gasteiger partial charge < -0.3 is 5.32 Å². The van der Waals surface area contributed by atoms with Crippen molar-refractivity contribution in [1.29, 1.82) is 0 Å². The van der Waals surface area contributed by atoms with Crippen molar-refractivity contribution in [2.24, 2.45) is 0 Å². The van der Waals surface area contributed by atoms with Crippen LogP contribution >= 0.6 is 22.9 Å². The summed E-state index contributed by atoms with van der Waals surface area (Å²) in [7, 11) is 1.65. The highest BCUT2D eigenvalue weighted by molar-refractivity contribution is 7.19. The lowest BCUT2D eigenvalue weighted by Crippen LogP contribution is -2.19. The number of hydrogen-bond acceptors (Lipinski definition) is 2. The summed E-state index contributed by atoms with van der Waals surface area (Å²) >= 11 is 7.62. The molecular formula is C12H12ClNOS. The Morgan fingerprint density at radius 3 is 2.94 bits per heavy atom. The summed E-state index contributed by atoms with van der Waals surface area (Å²) in [5.74, 6) is 0.0424. The number of carbonyl (C=O) groups excluding carboxylic acids is 1. The first-order valence-corrected chi connectivity index (χ1v) is 6.19. The van der Waals surface area contributed by atoms with Gasteiger partial charge >= 0.3 is 0 Å². The minimum absolute atomic E-state index is 0.0424. The van der Waals surface area contributed by atoms with Gasteiger partial charge in [-0.1, -0.05) is 11.6 Å². The standard InChI is InChI=1S/C12H12ClNOS/c1-7-9-5-8(13)3-4-10(9)16-11(7)6-12(15)14-2/h3-5H,6H2,1-2H3,(H,14,15). The van der Waals surface area contributed by atoms with Crippen LogP contribution in [-0.4, -0.2) is 13.0 Å². The molecule has 0 atom stereocenters. The quantitative estimate of drug-likeness (QED) is 0.875. The second-order valence-corrected chi connectivity index (χ2v) is 5.21. The Balaban J connectivity index is 2.48. The largest absolute Gasteiger partial charge is 0.359 e. The molecule has 0 unspecified atom stereocenters. The molecular weight excluding hydrogens is 242 g/mol. The van der Waals surface area contributed by atoms with Crippen LogP contribution in [-0.2, 0) is 11.2 Å². The molecule has 0 saturated carbocycles. The molecule has 4 heteroatoms. The Morgan fingerprint density at radius 2 is 2.25 bits per heavy atom. The van der Waals surface area contributed by atoms with Gasteiger partial charge in [-0.3, -0.25) is 4.79 Å². The maximum atomic E-state index is 11.3. The predicted molar refractivity (Wildman–Crippen MR) is 69.3 cm³/mol. The van der Waals surface area contributed by atoms with Crippen molar-refractivity contribution in [2.45, 2.75) is 13.3 Å². The zero-order chi connectivity index (χ0) is 11.7. The number of carbonyl (C=O) groups is 1. The number of nitrogens with one attached hydrogen (secondary N) is 1. The number of rotatable bonds is 2. The first-order valence-electron chi connectivity index (χ1n) is 5.00. The Labute approximate surface area is 103 Å². The van der Waals surface area contributed by atoms with Crippen molar-refractivity contribution < 1.29 is 4.79 Å². The molecule has 1 aromatic carbocycles. The molecule has 0 saturated heterocycles. The number of amides is 1. The molecule has 84 valence electrons. The summed E-state index contributed by atoms with van der Waals surface area (Å²) in [6, 6.07) is 5.84. The van der Waals surface area contributed by atoms with Crippen LogP contribution in [0, 0.1) is 6.92 Å². The van der Waals surface area contributed by atoms with Crippen LogP contribution in [0.5, 0.6) is 0 Å². The molecule has 0 spiro atoms. The van der Waals surface area contributed by atoms with E-state index in [9.17, 15) is 4.79 Å². The van der Waals surface area contributed by atoms with Gasteiger partial charge in [0, 0.05) is 21.6 Å². The molecule has 1 heterocycles. The first-order chi connectivity index (χ1) is 7.61. The fourth-order valence-electron chi connectivity index (χ4n) is 1.65. The van der Waals surface area contributed by atoms with Gasteiger partial charge in [0.05, 0.1) is 6.42 Å². The van der Waals surface area contributed by atoms with Crippen molar-refractivity contribution in [1.82, 2.24) is 5.32 Å². The SMILES string of the molecule is CNC(=O)Cc1sc2ccc(Cl)cc2c1C. The molecule has 1 amide bonds. The zero-order valence-electron chi connectivity index (χ0n) is 9.13. The van der Waals surface area contributed by atoms with E-state index in [1.165, 1.54) is 4.70 Å². The third kappa shape index (κ3) is 2.06. The van der Waals surface area contributed by atoms with Crippen LogP contribution in [0.2, 0.25) is 5.02 Å². The van der Waals surface area contributed by atoms with Gasteiger partial charge in [-0.25, -0.2) is 0 Å². The summed E-state index contributed by atoms with van der Waals surface area (Å²) in [5.41, 5.74) is 1.16. The van der Waals surface area contributed by atoms with Crippen LogP contribution in [0.25, 0.3) is 10.1 Å². The molecule has 2 nitrogen and oxygen atoms in total. The van der Waals surface area contributed by atoms with Gasteiger partial charge in [-0.15, -0.1) is 11.3 Å². The van der Waals surface area contributed by atoms with Crippen molar-refractivity contribution in [3.63, 3.8) is 0 Å². The van der Waals surface area contributed by atoms with E-state index in [1.807, 2.05) is 25.1 Å². The topological polar surface area (TPSA) is 29.1 Å². The van der Waals surface area contributed by atoms with Gasteiger partial charge in [0.2, 0.25) is 5.91 Å². The molecule has 1 aromatic heterocycles. The van der Waals surface area contributed by atoms with Crippen LogP contribution < -0.4 is 5.32 Å². The molecule has 0 radical (unpaired) electrons. The summed E-state index contributed by atoms with van der Waals surface area (Å²) < 4.78 is 1.18. The van der Waals surface area contributed by atoms with E-state index in [0.29, 0.717) is 6.42 Å². The average Bonchev–Trinajstić information content (AvgIpc) is 2.56. The normalized spacial score (nSPS) is 10.7. The van der Waals surface area contributed by atoms with Gasteiger partial charge in [0.15, 0.2) is 0 Å². The van der Waals surface area contributed by atoms with Crippen LogP contribution in [0.4, 0.5) is 0 Å². The average molecular weight is 254 g/mol. The fourth-order valence-corrected chi connectivity index (χ4v) is 3.01. The molecule has 0 aliphatic carbocycles. The monoisotopic (exact) mass is 253 g/mol. The molecule has 0 fully saturated rings. The lowest BCUT2D eigenvalue weighted by molar-refractivity contribution is -0.119. The van der Waals surface area contributed by atoms with E-state index in [1.54, 1.807) is 18.4 Å². The van der Waals surface area contributed by atoms with Gasteiger partial charge in [0.25, 0.3) is 0 Å². The molecule has 2 rings (SSSR count). The number of aryl methyl sites for hydroxylation is 1. The molecule has 2 aromatic rings. The highest BCUT2D eigenvalue weighted by atomic mass is 35.5. The second-order valence-electron chi connectivity index (χ2n) is 3.64. The smallest absolute Gasteiger partial charge is 0.225 e. The number of thiophene rings is 1. The highest BCUT2D eigenvalue weighted by Gasteiger charge is 2.11. The molecule has 1 N–H and O–H groups in total. The lowest BCUT2D eigenvalue weighted by Gasteiger charge is -1.98. The third-order valence-electron chi connectivity index (χ3n) is 2.60. The highest BCUT2D eigenvalue weighted by Crippen LogP contribution is 2.32. The van der Waals surface area contributed by atoms with E-state index in [2.05, 4.69) is 5.32 Å². The minimum atomic E-state index is 0.0424. The minimum Gasteiger partial charge on any atom is -0.359 e. The lowest BCUT2D eigenvalue weighted by atomic mass is 10.1. The summed E-state index contributed by atoms with van der Waals surface area (Å²) in [6.45, 7) is 2.04. The van der Waals surface area contributed by atoms with Crippen molar-refractivity contribution in [3.05, 3.63) is 33.7 Å². The van der Waals surface area contributed by atoms with Crippen LogP contribution in [0.1, 0.15) is 10.4 Å². The second kappa shape index (κ2) is 4.44. The maximum Gasteiger partial charge on any atom is 0.225 e. The summed E-state index contributed by atoms with van der Waals surface area (Å²) in [5, 5.41) is 4.52. The van der Waals surface area contributed by atoms with Crippen LogP contribution in [0.15, 0.2) is 18.2 Å². The van der Waals surface area contributed by atoms with Crippen LogP contribution in [0.3, 0.4) is 0 Å².